The highest BCUT2D eigenvalue weighted by Crippen LogP contribution is 2.14. The van der Waals surface area contributed by atoms with Gasteiger partial charge in [0.05, 0.1) is 19.1 Å². The van der Waals surface area contributed by atoms with Crippen LogP contribution < -0.4 is 5.32 Å². The number of rotatable bonds is 4. The van der Waals surface area contributed by atoms with Gasteiger partial charge in [-0.2, -0.15) is 0 Å². The minimum atomic E-state index is 0.0276. The zero-order valence-electron chi connectivity index (χ0n) is 13.0. The quantitative estimate of drug-likeness (QED) is 0.890. The van der Waals surface area contributed by atoms with Crippen LogP contribution in [0.5, 0.6) is 0 Å². The Balaban J connectivity index is 1.48. The van der Waals surface area contributed by atoms with Gasteiger partial charge >= 0.3 is 0 Å². The van der Waals surface area contributed by atoms with E-state index >= 15 is 0 Å². The normalized spacial score (nSPS) is 23.5. The Labute approximate surface area is 132 Å². The molecule has 0 saturated carbocycles. The topological polar surface area (TPSA) is 44.8 Å². The molecule has 5 heteroatoms. The summed E-state index contributed by atoms with van der Waals surface area (Å²) >= 11 is 0. The lowest BCUT2D eigenvalue weighted by molar-refractivity contribution is -0.136. The Morgan fingerprint density at radius 3 is 2.73 bits per heavy atom. The van der Waals surface area contributed by atoms with Gasteiger partial charge in [-0.1, -0.05) is 30.3 Å². The monoisotopic (exact) mass is 303 g/mol. The Bertz CT molecular complexity index is 474. The van der Waals surface area contributed by atoms with Crippen LogP contribution >= 0.6 is 0 Å². The summed E-state index contributed by atoms with van der Waals surface area (Å²) in [7, 11) is 0. The Morgan fingerprint density at radius 1 is 1.18 bits per heavy atom. The van der Waals surface area contributed by atoms with E-state index in [0.717, 1.165) is 45.8 Å². The molecule has 1 N–H and O–H groups in total. The first-order valence-electron chi connectivity index (χ1n) is 8.17. The van der Waals surface area contributed by atoms with Gasteiger partial charge in [0.2, 0.25) is 5.91 Å². The highest BCUT2D eigenvalue weighted by molar-refractivity contribution is 5.76. The molecule has 2 saturated heterocycles. The van der Waals surface area contributed by atoms with Gasteiger partial charge in [0.25, 0.3) is 0 Å². The summed E-state index contributed by atoms with van der Waals surface area (Å²) in [5.74, 6) is 0.230. The van der Waals surface area contributed by atoms with Crippen LogP contribution in [-0.2, 0) is 16.1 Å². The van der Waals surface area contributed by atoms with Gasteiger partial charge < -0.3 is 15.0 Å². The molecule has 2 aliphatic heterocycles. The third kappa shape index (κ3) is 4.29. The highest BCUT2D eigenvalue weighted by atomic mass is 16.5. The molecule has 1 aromatic carbocycles. The SMILES string of the molecule is O=C(CC1CN(Cc2ccccc2)CCO1)N1CCNCC1. The molecule has 2 aliphatic rings. The van der Waals surface area contributed by atoms with Crippen molar-refractivity contribution in [3.8, 4) is 0 Å². The van der Waals surface area contributed by atoms with Crippen molar-refractivity contribution >= 4 is 5.91 Å². The highest BCUT2D eigenvalue weighted by Gasteiger charge is 2.25. The maximum atomic E-state index is 12.3. The average molecular weight is 303 g/mol. The minimum absolute atomic E-state index is 0.0276. The van der Waals surface area contributed by atoms with Gasteiger partial charge in [0, 0.05) is 45.8 Å². The van der Waals surface area contributed by atoms with Crippen molar-refractivity contribution in [1.82, 2.24) is 15.1 Å². The van der Waals surface area contributed by atoms with Gasteiger partial charge in [-0.15, -0.1) is 0 Å². The van der Waals surface area contributed by atoms with E-state index in [1.807, 2.05) is 11.0 Å². The van der Waals surface area contributed by atoms with Gasteiger partial charge in [-0.25, -0.2) is 0 Å². The van der Waals surface area contributed by atoms with Crippen LogP contribution in [0.2, 0.25) is 0 Å². The molecule has 1 aromatic rings. The first-order valence-corrected chi connectivity index (χ1v) is 8.17. The number of carbonyl (C=O) groups excluding carboxylic acids is 1. The molecule has 120 valence electrons. The molecule has 0 aromatic heterocycles. The van der Waals surface area contributed by atoms with Gasteiger partial charge in [0.1, 0.15) is 0 Å². The van der Waals surface area contributed by atoms with E-state index in [1.54, 1.807) is 0 Å². The summed E-state index contributed by atoms with van der Waals surface area (Å²) < 4.78 is 5.80. The minimum Gasteiger partial charge on any atom is -0.375 e. The van der Waals surface area contributed by atoms with E-state index in [4.69, 9.17) is 4.74 Å². The Morgan fingerprint density at radius 2 is 1.95 bits per heavy atom. The third-order valence-corrected chi connectivity index (χ3v) is 4.34. The fraction of sp³-hybridized carbons (Fsp3) is 0.588. The molecule has 3 rings (SSSR count). The second-order valence-electron chi connectivity index (χ2n) is 6.05. The van der Waals surface area contributed by atoms with Crippen LogP contribution in [-0.4, -0.2) is 67.7 Å². The van der Waals surface area contributed by atoms with Crippen molar-refractivity contribution in [1.29, 1.82) is 0 Å². The second kappa shape index (κ2) is 7.72. The summed E-state index contributed by atoms with van der Waals surface area (Å²) in [6.07, 6.45) is 0.533. The number of nitrogens with zero attached hydrogens (tertiary/aromatic N) is 2. The van der Waals surface area contributed by atoms with Crippen LogP contribution in [0, 0.1) is 0 Å². The number of carbonyl (C=O) groups is 1. The van der Waals surface area contributed by atoms with Crippen LogP contribution in [0.15, 0.2) is 30.3 Å². The number of piperazine rings is 1. The van der Waals surface area contributed by atoms with Crippen molar-refractivity contribution in [2.75, 3.05) is 45.9 Å². The van der Waals surface area contributed by atoms with E-state index in [2.05, 4.69) is 34.5 Å². The molecule has 0 bridgehead atoms. The zero-order chi connectivity index (χ0) is 15.2. The van der Waals surface area contributed by atoms with E-state index in [1.165, 1.54) is 5.56 Å². The van der Waals surface area contributed by atoms with E-state index in [-0.39, 0.29) is 12.0 Å². The van der Waals surface area contributed by atoms with Crippen LogP contribution in [0.4, 0.5) is 0 Å². The first kappa shape index (κ1) is 15.5. The lowest BCUT2D eigenvalue weighted by atomic mass is 10.1. The lowest BCUT2D eigenvalue weighted by Gasteiger charge is -2.34. The van der Waals surface area contributed by atoms with Crippen molar-refractivity contribution in [2.24, 2.45) is 0 Å². The van der Waals surface area contributed by atoms with E-state index < -0.39 is 0 Å². The number of benzene rings is 1. The fourth-order valence-corrected chi connectivity index (χ4v) is 3.13. The molecule has 5 nitrogen and oxygen atoms in total. The summed E-state index contributed by atoms with van der Waals surface area (Å²) in [5.41, 5.74) is 1.32. The molecule has 1 atom stereocenters. The zero-order valence-corrected chi connectivity index (χ0v) is 13.0. The van der Waals surface area contributed by atoms with Crippen molar-refractivity contribution < 1.29 is 9.53 Å². The van der Waals surface area contributed by atoms with Gasteiger partial charge in [-0.3, -0.25) is 9.69 Å². The summed E-state index contributed by atoms with van der Waals surface area (Å²) in [6.45, 7) is 6.86. The molecule has 1 amide bonds. The molecule has 2 fully saturated rings. The first-order chi connectivity index (χ1) is 10.8. The summed E-state index contributed by atoms with van der Waals surface area (Å²) in [6, 6.07) is 10.5. The van der Waals surface area contributed by atoms with Crippen LogP contribution in [0.1, 0.15) is 12.0 Å². The van der Waals surface area contributed by atoms with Crippen LogP contribution in [0.25, 0.3) is 0 Å². The van der Waals surface area contributed by atoms with Crippen molar-refractivity contribution in [3.63, 3.8) is 0 Å². The fourth-order valence-electron chi connectivity index (χ4n) is 3.13. The average Bonchev–Trinajstić information content (AvgIpc) is 2.57. The van der Waals surface area contributed by atoms with E-state index in [9.17, 15) is 4.79 Å². The number of ether oxygens (including phenoxy) is 1. The number of nitrogens with one attached hydrogen (secondary N) is 1. The van der Waals surface area contributed by atoms with Crippen molar-refractivity contribution in [3.05, 3.63) is 35.9 Å². The number of hydrogen-bond donors (Lipinski definition) is 1. The summed E-state index contributed by atoms with van der Waals surface area (Å²) in [5, 5.41) is 3.27. The maximum absolute atomic E-state index is 12.3. The Kier molecular flexibility index (Phi) is 5.43. The van der Waals surface area contributed by atoms with Gasteiger partial charge in [-0.05, 0) is 5.56 Å². The molecule has 2 heterocycles. The van der Waals surface area contributed by atoms with Crippen LogP contribution in [0.3, 0.4) is 0 Å². The molecule has 0 radical (unpaired) electrons. The third-order valence-electron chi connectivity index (χ3n) is 4.34. The molecule has 1 unspecified atom stereocenters. The van der Waals surface area contributed by atoms with E-state index in [0.29, 0.717) is 13.0 Å². The summed E-state index contributed by atoms with van der Waals surface area (Å²) in [4.78, 5) is 16.7. The maximum Gasteiger partial charge on any atom is 0.225 e. The lowest BCUT2D eigenvalue weighted by Crippen LogP contribution is -2.49. The predicted molar refractivity (Wildman–Crippen MR) is 85.5 cm³/mol. The Hall–Kier alpha value is -1.43. The van der Waals surface area contributed by atoms with Crippen molar-refractivity contribution in [2.45, 2.75) is 19.1 Å². The molecule has 0 aliphatic carbocycles. The number of amides is 1. The molecular weight excluding hydrogens is 278 g/mol. The van der Waals surface area contributed by atoms with Gasteiger partial charge in [0.15, 0.2) is 0 Å². The smallest absolute Gasteiger partial charge is 0.225 e. The largest absolute Gasteiger partial charge is 0.375 e. The number of hydrogen-bond acceptors (Lipinski definition) is 4. The molecule has 0 spiro atoms. The molecule has 22 heavy (non-hydrogen) atoms. The predicted octanol–water partition coefficient (Wildman–Crippen LogP) is 0.709. The second-order valence-corrected chi connectivity index (χ2v) is 6.05. The molecular formula is C17H25N3O2. The standard InChI is InChI=1S/C17H25N3O2/c21-17(20-8-6-18-7-9-20)12-16-14-19(10-11-22-16)13-15-4-2-1-3-5-15/h1-5,16,18H,6-14H2. The number of morpholine rings is 1.